The Hall–Kier alpha value is -2.47. The molecule has 2 atom stereocenters. The van der Waals surface area contributed by atoms with Crippen LogP contribution in [-0.2, 0) is 27.3 Å². The van der Waals surface area contributed by atoms with Crippen LogP contribution in [0.5, 0.6) is 0 Å². The van der Waals surface area contributed by atoms with E-state index in [0.717, 1.165) is 11.0 Å². The van der Waals surface area contributed by atoms with Crippen molar-refractivity contribution in [3.8, 4) is 0 Å². The number of carbonyl (C=O) groups excluding carboxylic acids is 1. The zero-order chi connectivity index (χ0) is 34.2. The average Bonchev–Trinajstić information content (AvgIpc) is 3.80. The summed E-state index contributed by atoms with van der Waals surface area (Å²) in [5.41, 5.74) is -9.03. The lowest BCUT2D eigenvalue weighted by Crippen LogP contribution is -2.62. The summed E-state index contributed by atoms with van der Waals surface area (Å²) in [5, 5.41) is 18.1. The molecular weight excluding hydrogens is 647 g/mol. The molecular formula is C31H27B4Cl2F2N3O5. The van der Waals surface area contributed by atoms with E-state index in [9.17, 15) is 15.0 Å². The fourth-order valence-corrected chi connectivity index (χ4v) is 6.95. The summed E-state index contributed by atoms with van der Waals surface area (Å²) in [4.78, 5) is 24.1. The zero-order valence-electron chi connectivity index (χ0n) is 25.4. The van der Waals surface area contributed by atoms with Gasteiger partial charge in [0.25, 0.3) is 5.91 Å². The predicted molar refractivity (Wildman–Crippen MR) is 172 cm³/mol. The van der Waals surface area contributed by atoms with Crippen molar-refractivity contribution in [2.45, 2.75) is 66.9 Å². The van der Waals surface area contributed by atoms with Crippen molar-refractivity contribution in [1.29, 1.82) is 0 Å². The molecule has 16 heteroatoms. The van der Waals surface area contributed by atoms with Crippen LogP contribution >= 0.6 is 23.2 Å². The number of fused-ring (bicyclic) bond motifs is 1. The zero-order valence-corrected chi connectivity index (χ0v) is 26.9. The van der Waals surface area contributed by atoms with Gasteiger partial charge in [0.05, 0.1) is 38.4 Å². The minimum Gasteiger partial charge on any atom is -0.409 e. The van der Waals surface area contributed by atoms with Gasteiger partial charge in [-0.3, -0.25) is 9.69 Å². The van der Waals surface area contributed by atoms with Crippen molar-refractivity contribution in [2.75, 3.05) is 13.2 Å². The molecule has 8 nitrogen and oxygen atoms in total. The van der Waals surface area contributed by atoms with Gasteiger partial charge in [0.2, 0.25) is 0 Å². The van der Waals surface area contributed by atoms with Crippen molar-refractivity contribution in [3.05, 3.63) is 92.7 Å². The number of aromatic nitrogens is 2. The summed E-state index contributed by atoms with van der Waals surface area (Å²) >= 11 is 12.2. The van der Waals surface area contributed by atoms with E-state index in [2.05, 4.69) is 9.97 Å². The van der Waals surface area contributed by atoms with Crippen LogP contribution < -0.4 is 0 Å². The molecule has 0 bridgehead atoms. The number of amides is 1. The molecule has 3 aliphatic rings. The maximum absolute atomic E-state index is 16.9. The molecule has 3 heterocycles. The lowest BCUT2D eigenvalue weighted by Gasteiger charge is -2.51. The first-order chi connectivity index (χ1) is 21.9. The number of benzene rings is 2. The molecule has 236 valence electrons. The molecule has 1 saturated heterocycles. The van der Waals surface area contributed by atoms with Gasteiger partial charge in [0.15, 0.2) is 5.72 Å². The highest BCUT2D eigenvalue weighted by atomic mass is 35.5. The van der Waals surface area contributed by atoms with E-state index in [1.54, 1.807) is 0 Å². The molecule has 2 fully saturated rings. The first-order valence-corrected chi connectivity index (χ1v) is 15.6. The van der Waals surface area contributed by atoms with Crippen molar-refractivity contribution in [3.63, 3.8) is 0 Å². The lowest BCUT2D eigenvalue weighted by molar-refractivity contribution is -0.169. The van der Waals surface area contributed by atoms with Crippen LogP contribution in [0.15, 0.2) is 48.8 Å². The first kappa shape index (κ1) is 34.4. The first-order valence-electron chi connectivity index (χ1n) is 14.8. The molecule has 8 radical (unpaired) electrons. The maximum atomic E-state index is 16.9. The number of hydrogen-bond acceptors (Lipinski definition) is 7. The van der Waals surface area contributed by atoms with Crippen LogP contribution in [0.2, 0.25) is 10.0 Å². The highest BCUT2D eigenvalue weighted by Crippen LogP contribution is 2.62. The van der Waals surface area contributed by atoms with Crippen LogP contribution in [0, 0.1) is 11.2 Å². The summed E-state index contributed by atoms with van der Waals surface area (Å²) in [7, 11) is 25.1. The van der Waals surface area contributed by atoms with Gasteiger partial charge in [-0.05, 0) is 60.4 Å². The van der Waals surface area contributed by atoms with Crippen LogP contribution in [0.3, 0.4) is 0 Å². The Balaban J connectivity index is 1.61. The molecule has 1 saturated carbocycles. The van der Waals surface area contributed by atoms with Gasteiger partial charge in [-0.2, -0.15) is 0 Å². The fourth-order valence-electron chi connectivity index (χ4n) is 6.72. The fraction of sp³-hybridized carbons (Fsp3) is 0.452. The van der Waals surface area contributed by atoms with Gasteiger partial charge in [-0.25, -0.2) is 18.7 Å². The number of aliphatic hydroxyl groups is 2. The minimum atomic E-state index is -2.44. The van der Waals surface area contributed by atoms with Crippen LogP contribution in [0.25, 0.3) is 0 Å². The van der Waals surface area contributed by atoms with Crippen molar-refractivity contribution < 1.29 is 33.3 Å². The van der Waals surface area contributed by atoms with E-state index in [-0.39, 0.29) is 72.0 Å². The number of nitrogens with zero attached hydrogens (tertiary/aromatic N) is 3. The third-order valence-electron chi connectivity index (χ3n) is 9.79. The Morgan fingerprint density at radius 3 is 2.15 bits per heavy atom. The van der Waals surface area contributed by atoms with E-state index in [0.29, 0.717) is 5.02 Å². The lowest BCUT2D eigenvalue weighted by atomic mass is 9.43. The summed E-state index contributed by atoms with van der Waals surface area (Å²) in [6.07, 6.45) is 2.57. The molecule has 2 aromatic carbocycles. The molecule has 6 rings (SSSR count). The Bertz CT molecular complexity index is 1700. The normalized spacial score (nSPS) is 23.3. The maximum Gasteiger partial charge on any atom is 0.257 e. The minimum absolute atomic E-state index is 0.0485. The molecule has 1 amide bonds. The van der Waals surface area contributed by atoms with Crippen LogP contribution in [0.1, 0.15) is 65.5 Å². The molecule has 47 heavy (non-hydrogen) atoms. The van der Waals surface area contributed by atoms with E-state index >= 15 is 8.78 Å². The van der Waals surface area contributed by atoms with Gasteiger partial charge in [-0.1, -0.05) is 35.3 Å². The highest BCUT2D eigenvalue weighted by molar-refractivity contribution is 6.45. The van der Waals surface area contributed by atoms with Crippen molar-refractivity contribution in [1.82, 2.24) is 14.9 Å². The van der Waals surface area contributed by atoms with E-state index in [1.165, 1.54) is 49.6 Å². The van der Waals surface area contributed by atoms with E-state index in [4.69, 9.17) is 64.1 Å². The summed E-state index contributed by atoms with van der Waals surface area (Å²) < 4.78 is 45.0. The summed E-state index contributed by atoms with van der Waals surface area (Å²) in [5.74, 6) is -1.79. The van der Waals surface area contributed by atoms with Gasteiger partial charge in [0.1, 0.15) is 38.6 Å². The number of alkyl halides is 1. The number of hydrogen-bond donors (Lipinski definition) is 2. The van der Waals surface area contributed by atoms with Gasteiger partial charge < -0.3 is 19.7 Å². The van der Waals surface area contributed by atoms with Crippen LogP contribution in [0.4, 0.5) is 8.78 Å². The molecule has 1 aromatic heterocycles. The number of carbonyl (C=O) groups is 1. The van der Waals surface area contributed by atoms with Crippen molar-refractivity contribution >= 4 is 60.5 Å². The largest absolute Gasteiger partial charge is 0.409 e. The van der Waals surface area contributed by atoms with Crippen molar-refractivity contribution in [2.24, 2.45) is 5.41 Å². The predicted octanol–water partition coefficient (Wildman–Crippen LogP) is 3.28. The Morgan fingerprint density at radius 1 is 1.00 bits per heavy atom. The van der Waals surface area contributed by atoms with E-state index in [1.807, 2.05) is 0 Å². The Morgan fingerprint density at radius 2 is 1.60 bits per heavy atom. The molecule has 1 unspecified atom stereocenters. The Labute approximate surface area is 286 Å². The average molecular weight is 674 g/mol. The topological polar surface area (TPSA) is 105 Å². The second-order valence-electron chi connectivity index (χ2n) is 12.7. The Kier molecular flexibility index (Phi) is 8.46. The van der Waals surface area contributed by atoms with Gasteiger partial charge >= 0.3 is 0 Å². The molecule has 0 spiro atoms. The second-order valence-corrected chi connectivity index (χ2v) is 13.6. The highest BCUT2D eigenvalue weighted by Gasteiger charge is 2.66. The molecule has 2 aliphatic heterocycles. The molecule has 1 aliphatic carbocycles. The number of halogens is 4. The molecule has 3 aromatic rings. The third kappa shape index (κ3) is 5.44. The third-order valence-corrected chi connectivity index (χ3v) is 10.2. The standard InChI is InChI=1S/C31H27B4Cl2F2N3O5/c1-26(44,28(39)8-10-46-11-9-28)18-12-21-24(22(38)13-18)29(17-2-4-19(36)5-3-17,47-31(34,35)27(6-7-27)30(32,33)45)42(25(21)43)16-23-40-14-20(37)15-41-23/h2-5,12-15,44-45H,6-11,16H2,1H3/t26?,29-/m1/s1. The SMILES string of the molecule is [B]C([B])(O)C1(C([B])([B])O[C@]2(c3ccc(Cl)cc3)c3c(F)cc(C(C)(O)C4(F)CCOCC4)cc3C(=O)N2Cc2ncc(Cl)cn2)CC1. The summed E-state index contributed by atoms with van der Waals surface area (Å²) in [6, 6.07) is 8.10. The summed E-state index contributed by atoms with van der Waals surface area (Å²) in [6.45, 7) is 0.924. The smallest absolute Gasteiger partial charge is 0.257 e. The monoisotopic (exact) mass is 673 g/mol. The second kappa shape index (κ2) is 11.6. The van der Waals surface area contributed by atoms with Gasteiger partial charge in [0, 0.05) is 54.4 Å². The van der Waals surface area contributed by atoms with E-state index < -0.39 is 51.5 Å². The van der Waals surface area contributed by atoms with Crippen LogP contribution in [-0.4, -0.2) is 92.1 Å². The molecule has 2 N–H and O–H groups in total. The number of rotatable bonds is 9. The quantitative estimate of drug-likeness (QED) is 0.336. The number of ether oxygens (including phenoxy) is 2. The van der Waals surface area contributed by atoms with Gasteiger partial charge in [-0.15, -0.1) is 0 Å².